The molecule has 33 heavy (non-hydrogen) atoms. The highest BCUT2D eigenvalue weighted by atomic mass is 35.5. The van der Waals surface area contributed by atoms with Crippen LogP contribution in [0.2, 0.25) is 5.02 Å². The zero-order valence-electron chi connectivity index (χ0n) is 17.9. The number of aryl methyl sites for hydroxylation is 1. The fraction of sp³-hybridized carbons (Fsp3) is 0.261. The fourth-order valence-corrected chi connectivity index (χ4v) is 3.14. The van der Waals surface area contributed by atoms with Crippen molar-refractivity contribution < 1.29 is 22.7 Å². The molecule has 0 saturated heterocycles. The van der Waals surface area contributed by atoms with E-state index in [-0.39, 0.29) is 18.2 Å². The van der Waals surface area contributed by atoms with Gasteiger partial charge in [0.05, 0.1) is 10.6 Å². The van der Waals surface area contributed by atoms with Crippen LogP contribution in [-0.4, -0.2) is 21.9 Å². The van der Waals surface area contributed by atoms with E-state index in [1.807, 2.05) is 19.9 Å². The van der Waals surface area contributed by atoms with Gasteiger partial charge in [-0.3, -0.25) is 4.79 Å². The van der Waals surface area contributed by atoms with Gasteiger partial charge in [-0.1, -0.05) is 23.7 Å². The Bertz CT molecular complexity index is 1120. The summed E-state index contributed by atoms with van der Waals surface area (Å²) in [6.07, 6.45) is -2.58. The van der Waals surface area contributed by atoms with E-state index < -0.39 is 22.7 Å². The van der Waals surface area contributed by atoms with Crippen LogP contribution in [-0.2, 0) is 17.4 Å². The topological polar surface area (TPSA) is 76.1 Å². The molecule has 0 spiro atoms. The third kappa shape index (κ3) is 7.35. The lowest BCUT2D eigenvalue weighted by molar-refractivity contribution is -0.137. The largest absolute Gasteiger partial charge is 0.439 e. The van der Waals surface area contributed by atoms with Crippen LogP contribution in [0.3, 0.4) is 0 Å². The number of carbonyl (C=O) groups excluding carboxylic acids is 1. The number of alkyl halides is 3. The number of hydrogen-bond donors (Lipinski definition) is 2. The number of aromatic nitrogens is 2. The first-order valence-electron chi connectivity index (χ1n) is 10.1. The maximum Gasteiger partial charge on any atom is 0.417 e. The van der Waals surface area contributed by atoms with Crippen molar-refractivity contribution >= 4 is 29.1 Å². The van der Waals surface area contributed by atoms with Gasteiger partial charge in [-0.15, -0.1) is 0 Å². The normalized spacial score (nSPS) is 11.4. The summed E-state index contributed by atoms with van der Waals surface area (Å²) in [5.41, 5.74) is -0.143. The van der Waals surface area contributed by atoms with Crippen molar-refractivity contribution in [3.8, 4) is 11.6 Å². The van der Waals surface area contributed by atoms with Crippen molar-refractivity contribution in [2.45, 2.75) is 38.9 Å². The summed E-state index contributed by atoms with van der Waals surface area (Å²) in [7, 11) is 0. The molecule has 10 heteroatoms. The van der Waals surface area contributed by atoms with Crippen LogP contribution in [0.15, 0.2) is 54.7 Å². The monoisotopic (exact) mass is 478 g/mol. The average Bonchev–Trinajstić information content (AvgIpc) is 2.73. The molecule has 0 atom stereocenters. The molecule has 1 amide bonds. The Kier molecular flexibility index (Phi) is 7.75. The number of nitrogens with zero attached hydrogens (tertiary/aromatic N) is 2. The third-order valence-electron chi connectivity index (χ3n) is 4.36. The molecular formula is C23H22ClF3N4O2. The zero-order valence-corrected chi connectivity index (χ0v) is 18.7. The van der Waals surface area contributed by atoms with Crippen molar-refractivity contribution in [3.05, 3.63) is 70.9 Å². The molecule has 0 aliphatic heterocycles. The maximum atomic E-state index is 13.0. The number of benzene rings is 2. The fourth-order valence-electron chi connectivity index (χ4n) is 2.91. The highest BCUT2D eigenvalue weighted by Gasteiger charge is 2.33. The summed E-state index contributed by atoms with van der Waals surface area (Å²) < 4.78 is 44.7. The Morgan fingerprint density at radius 1 is 1.15 bits per heavy atom. The number of nitrogens with one attached hydrogen (secondary N) is 2. The minimum Gasteiger partial charge on any atom is -0.439 e. The van der Waals surface area contributed by atoms with Crippen molar-refractivity contribution in [1.29, 1.82) is 0 Å². The predicted octanol–water partition coefficient (Wildman–Crippen LogP) is 6.33. The first kappa shape index (κ1) is 24.3. The first-order chi connectivity index (χ1) is 15.6. The second-order valence-electron chi connectivity index (χ2n) is 7.51. The molecular weight excluding hydrogens is 457 g/mol. The van der Waals surface area contributed by atoms with E-state index >= 15 is 0 Å². The number of rotatable bonds is 8. The van der Waals surface area contributed by atoms with E-state index in [2.05, 4.69) is 20.6 Å². The highest BCUT2D eigenvalue weighted by Crippen LogP contribution is 2.36. The Morgan fingerprint density at radius 2 is 1.94 bits per heavy atom. The molecule has 0 fully saturated rings. The lowest BCUT2D eigenvalue weighted by Crippen LogP contribution is -2.14. The van der Waals surface area contributed by atoms with Gasteiger partial charge in [0, 0.05) is 30.4 Å². The summed E-state index contributed by atoms with van der Waals surface area (Å²) in [5, 5.41) is 5.15. The van der Waals surface area contributed by atoms with Crippen LogP contribution in [0, 0.1) is 0 Å². The van der Waals surface area contributed by atoms with Gasteiger partial charge in [-0.05, 0) is 56.2 Å². The molecule has 0 aliphatic rings. The predicted molar refractivity (Wildman–Crippen MR) is 121 cm³/mol. The number of hydrogen-bond acceptors (Lipinski definition) is 5. The molecule has 2 N–H and O–H groups in total. The Hall–Kier alpha value is -3.33. The summed E-state index contributed by atoms with van der Waals surface area (Å²) in [6, 6.07) is 12.2. The van der Waals surface area contributed by atoms with Crippen molar-refractivity contribution in [1.82, 2.24) is 9.97 Å². The van der Waals surface area contributed by atoms with Crippen molar-refractivity contribution in [2.75, 3.05) is 10.6 Å². The molecule has 1 heterocycles. The van der Waals surface area contributed by atoms with Gasteiger partial charge >= 0.3 is 6.18 Å². The quantitative estimate of drug-likeness (QED) is 0.395. The minimum absolute atomic E-state index is 0.0309. The van der Waals surface area contributed by atoms with E-state index in [1.54, 1.807) is 30.5 Å². The molecule has 0 saturated carbocycles. The number of anilines is 2. The van der Waals surface area contributed by atoms with Gasteiger partial charge in [-0.2, -0.15) is 18.2 Å². The molecule has 1 aromatic heterocycles. The Morgan fingerprint density at radius 3 is 2.67 bits per heavy atom. The average molecular weight is 479 g/mol. The van der Waals surface area contributed by atoms with Crippen LogP contribution < -0.4 is 15.4 Å². The van der Waals surface area contributed by atoms with Crippen molar-refractivity contribution in [3.63, 3.8) is 0 Å². The van der Waals surface area contributed by atoms with Gasteiger partial charge in [0.2, 0.25) is 17.7 Å². The SMILES string of the molecule is CC(C)Nc1nccc(Oc2cccc(CCC(=O)Nc3ccc(Cl)c(C(F)(F)F)c3)c2)n1. The zero-order chi connectivity index (χ0) is 24.0. The number of halogens is 4. The number of ether oxygens (including phenoxy) is 1. The van der Waals surface area contributed by atoms with E-state index in [4.69, 9.17) is 16.3 Å². The molecule has 0 bridgehead atoms. The van der Waals surface area contributed by atoms with E-state index in [9.17, 15) is 18.0 Å². The standard InChI is InChI=1S/C23H22ClF3N4O2/c1-14(2)29-22-28-11-10-21(31-22)33-17-5-3-4-15(12-17)6-9-20(32)30-16-7-8-19(24)18(13-16)23(25,26)27/h3-5,7-8,10-14H,6,9H2,1-2H3,(H,30,32)(H,28,29,31). The Labute approximate surface area is 194 Å². The maximum absolute atomic E-state index is 13.0. The lowest BCUT2D eigenvalue weighted by atomic mass is 10.1. The van der Waals surface area contributed by atoms with Crippen molar-refractivity contribution in [2.24, 2.45) is 0 Å². The molecule has 3 aromatic rings. The smallest absolute Gasteiger partial charge is 0.417 e. The summed E-state index contributed by atoms with van der Waals surface area (Å²) in [4.78, 5) is 20.7. The molecule has 174 valence electrons. The van der Waals surface area contributed by atoms with Gasteiger partial charge in [0.25, 0.3) is 0 Å². The molecule has 0 unspecified atom stereocenters. The van der Waals surface area contributed by atoms with Gasteiger partial charge in [0.15, 0.2) is 0 Å². The van der Waals surface area contributed by atoms with E-state index in [0.717, 1.165) is 17.7 Å². The second-order valence-corrected chi connectivity index (χ2v) is 7.91. The van der Waals surface area contributed by atoms with Gasteiger partial charge in [-0.25, -0.2) is 4.98 Å². The second kappa shape index (κ2) is 10.5. The summed E-state index contributed by atoms with van der Waals surface area (Å²) in [5.74, 6) is 0.934. The molecule has 0 aliphatic carbocycles. The summed E-state index contributed by atoms with van der Waals surface area (Å²) >= 11 is 5.61. The van der Waals surface area contributed by atoms with Crippen LogP contribution in [0.25, 0.3) is 0 Å². The third-order valence-corrected chi connectivity index (χ3v) is 4.69. The Balaban J connectivity index is 1.59. The lowest BCUT2D eigenvalue weighted by Gasteiger charge is -2.12. The first-order valence-corrected chi connectivity index (χ1v) is 10.5. The van der Waals surface area contributed by atoms with E-state index in [1.165, 1.54) is 6.07 Å². The molecule has 0 radical (unpaired) electrons. The van der Waals surface area contributed by atoms with Gasteiger partial charge < -0.3 is 15.4 Å². The molecule has 3 rings (SSSR count). The van der Waals surface area contributed by atoms with Crippen LogP contribution in [0.4, 0.5) is 24.8 Å². The number of amides is 1. The molecule has 2 aromatic carbocycles. The van der Waals surface area contributed by atoms with Crippen LogP contribution in [0.5, 0.6) is 11.6 Å². The highest BCUT2D eigenvalue weighted by molar-refractivity contribution is 6.31. The van der Waals surface area contributed by atoms with E-state index in [0.29, 0.717) is 24.0 Å². The molecule has 6 nitrogen and oxygen atoms in total. The minimum atomic E-state index is -4.60. The van der Waals surface area contributed by atoms with Crippen LogP contribution in [0.1, 0.15) is 31.4 Å². The van der Waals surface area contributed by atoms with Crippen LogP contribution >= 0.6 is 11.6 Å². The summed E-state index contributed by atoms with van der Waals surface area (Å²) in [6.45, 7) is 3.94. The van der Waals surface area contributed by atoms with Gasteiger partial charge in [0.1, 0.15) is 5.75 Å². The number of carbonyl (C=O) groups is 1.